The van der Waals surface area contributed by atoms with E-state index >= 15 is 0 Å². The second kappa shape index (κ2) is 19.1. The summed E-state index contributed by atoms with van der Waals surface area (Å²) >= 11 is 0. The summed E-state index contributed by atoms with van der Waals surface area (Å²) in [5.41, 5.74) is 0.308. The minimum Gasteiger partial charge on any atom is -0.381 e. The molecular formula is C29H64N2O2+2. The molecule has 0 aliphatic rings. The van der Waals surface area contributed by atoms with Crippen LogP contribution in [-0.2, 0) is 9.47 Å². The Balaban J connectivity index is 4.79. The first kappa shape index (κ1) is 32.8. The Kier molecular flexibility index (Phi) is 19.0. The first-order valence-electron chi connectivity index (χ1n) is 14.3. The minimum absolute atomic E-state index is 0.308. The standard InChI is InChI=1S/C29H64N2O2/c1-9-11-13-14-15-18-27-33-28-29(21-23-30(3,4)5,22-24-31(6,7)8)20-17-16-19-26-32-25-12-10-2/h9-28H2,1-8H3/q+2. The van der Waals surface area contributed by atoms with Crippen LogP contribution in [-0.4, -0.2) is 90.8 Å². The second-order valence-corrected chi connectivity index (χ2v) is 12.6. The van der Waals surface area contributed by atoms with Gasteiger partial charge in [-0.1, -0.05) is 65.2 Å². The molecule has 0 aliphatic carbocycles. The molecule has 0 heterocycles. The van der Waals surface area contributed by atoms with Crippen molar-refractivity contribution in [1.82, 2.24) is 0 Å². The quantitative estimate of drug-likeness (QED) is 0.112. The lowest BCUT2D eigenvalue weighted by Gasteiger charge is -2.38. The van der Waals surface area contributed by atoms with Crippen molar-refractivity contribution in [1.29, 1.82) is 0 Å². The Morgan fingerprint density at radius 3 is 1.48 bits per heavy atom. The van der Waals surface area contributed by atoms with Gasteiger partial charge in [-0.2, -0.15) is 0 Å². The third-order valence-corrected chi connectivity index (χ3v) is 6.81. The summed E-state index contributed by atoms with van der Waals surface area (Å²) in [5.74, 6) is 0. The molecule has 33 heavy (non-hydrogen) atoms. The summed E-state index contributed by atoms with van der Waals surface area (Å²) in [4.78, 5) is 0. The maximum atomic E-state index is 6.42. The van der Waals surface area contributed by atoms with E-state index in [0.717, 1.165) is 35.4 Å². The van der Waals surface area contributed by atoms with Gasteiger partial charge in [0, 0.05) is 38.1 Å². The average Bonchev–Trinajstić information content (AvgIpc) is 2.73. The summed E-state index contributed by atoms with van der Waals surface area (Å²) in [5, 5.41) is 0. The largest absolute Gasteiger partial charge is 0.381 e. The van der Waals surface area contributed by atoms with Crippen LogP contribution in [0.4, 0.5) is 0 Å². The van der Waals surface area contributed by atoms with Crippen molar-refractivity contribution >= 4 is 0 Å². The van der Waals surface area contributed by atoms with Crippen LogP contribution in [0.15, 0.2) is 0 Å². The van der Waals surface area contributed by atoms with Crippen molar-refractivity contribution in [2.45, 2.75) is 104 Å². The first-order chi connectivity index (χ1) is 15.5. The van der Waals surface area contributed by atoms with E-state index in [4.69, 9.17) is 9.47 Å². The van der Waals surface area contributed by atoms with Gasteiger partial charge in [-0.05, 0) is 25.7 Å². The zero-order valence-electron chi connectivity index (χ0n) is 24.4. The molecule has 0 unspecified atom stereocenters. The molecule has 0 aromatic heterocycles. The maximum Gasteiger partial charge on any atom is 0.0786 e. The molecule has 0 radical (unpaired) electrons. The molecule has 0 aliphatic heterocycles. The minimum atomic E-state index is 0.308. The summed E-state index contributed by atoms with van der Waals surface area (Å²) in [6.07, 6.45) is 18.0. The zero-order valence-corrected chi connectivity index (χ0v) is 24.4. The molecule has 0 bridgehead atoms. The molecule has 0 saturated heterocycles. The molecule has 0 amide bonds. The van der Waals surface area contributed by atoms with Gasteiger partial charge in [0.15, 0.2) is 0 Å². The molecule has 200 valence electrons. The number of hydrogen-bond donors (Lipinski definition) is 0. The molecular weight excluding hydrogens is 408 g/mol. The fourth-order valence-electron chi connectivity index (χ4n) is 4.24. The smallest absolute Gasteiger partial charge is 0.0786 e. The predicted molar refractivity (Wildman–Crippen MR) is 146 cm³/mol. The zero-order chi connectivity index (χ0) is 25.1. The van der Waals surface area contributed by atoms with Crippen molar-refractivity contribution < 1.29 is 18.4 Å². The number of nitrogens with zero attached hydrogens (tertiary/aromatic N) is 2. The third-order valence-electron chi connectivity index (χ3n) is 6.81. The van der Waals surface area contributed by atoms with Crippen LogP contribution in [0.3, 0.4) is 0 Å². The van der Waals surface area contributed by atoms with Gasteiger partial charge in [-0.3, -0.25) is 0 Å². The van der Waals surface area contributed by atoms with Gasteiger partial charge in [0.05, 0.1) is 62.0 Å². The summed E-state index contributed by atoms with van der Waals surface area (Å²) in [6.45, 7) is 10.7. The van der Waals surface area contributed by atoms with Gasteiger partial charge in [-0.25, -0.2) is 0 Å². The van der Waals surface area contributed by atoms with Gasteiger partial charge < -0.3 is 18.4 Å². The fourth-order valence-corrected chi connectivity index (χ4v) is 4.24. The lowest BCUT2D eigenvalue weighted by Crippen LogP contribution is -2.43. The van der Waals surface area contributed by atoms with Gasteiger partial charge in [0.1, 0.15) is 0 Å². The van der Waals surface area contributed by atoms with Crippen molar-refractivity contribution in [3.05, 3.63) is 0 Å². The SMILES string of the molecule is CCCCCCCCOCC(CCCCCOCCCC)(CC[N+](C)(C)C)CC[N+](C)(C)C. The first-order valence-corrected chi connectivity index (χ1v) is 14.3. The van der Waals surface area contributed by atoms with E-state index in [0.29, 0.717) is 5.41 Å². The molecule has 0 aromatic carbocycles. The number of rotatable bonds is 24. The van der Waals surface area contributed by atoms with E-state index in [1.807, 2.05) is 0 Å². The van der Waals surface area contributed by atoms with Gasteiger partial charge in [0.2, 0.25) is 0 Å². The van der Waals surface area contributed by atoms with Crippen molar-refractivity contribution in [2.75, 3.05) is 81.8 Å². The molecule has 0 saturated carbocycles. The van der Waals surface area contributed by atoms with E-state index in [1.165, 1.54) is 103 Å². The lowest BCUT2D eigenvalue weighted by atomic mass is 9.76. The monoisotopic (exact) mass is 472 g/mol. The Morgan fingerprint density at radius 2 is 0.939 bits per heavy atom. The van der Waals surface area contributed by atoms with Gasteiger partial charge in [0.25, 0.3) is 0 Å². The lowest BCUT2D eigenvalue weighted by molar-refractivity contribution is -0.874. The highest BCUT2D eigenvalue weighted by molar-refractivity contribution is 4.80. The Labute approximate surface area is 209 Å². The molecule has 0 aromatic rings. The highest BCUT2D eigenvalue weighted by atomic mass is 16.5. The Morgan fingerprint density at radius 1 is 0.485 bits per heavy atom. The number of hydrogen-bond acceptors (Lipinski definition) is 2. The van der Waals surface area contributed by atoms with Crippen LogP contribution >= 0.6 is 0 Å². The van der Waals surface area contributed by atoms with Crippen LogP contribution in [0.2, 0.25) is 0 Å². The number of quaternary nitrogens is 2. The number of ether oxygens (including phenoxy) is 2. The summed E-state index contributed by atoms with van der Waals surface area (Å²) in [7, 11) is 14.0. The average molecular weight is 473 g/mol. The van der Waals surface area contributed by atoms with Crippen molar-refractivity contribution in [2.24, 2.45) is 5.41 Å². The van der Waals surface area contributed by atoms with Gasteiger partial charge >= 0.3 is 0 Å². The second-order valence-electron chi connectivity index (χ2n) is 12.6. The molecule has 0 rings (SSSR count). The molecule has 4 nitrogen and oxygen atoms in total. The van der Waals surface area contributed by atoms with Crippen LogP contribution in [0.5, 0.6) is 0 Å². The van der Waals surface area contributed by atoms with Crippen LogP contribution in [0, 0.1) is 5.41 Å². The molecule has 0 fully saturated rings. The fraction of sp³-hybridized carbons (Fsp3) is 1.00. The van der Waals surface area contributed by atoms with E-state index in [9.17, 15) is 0 Å². The summed E-state index contributed by atoms with van der Waals surface area (Å²) in [6, 6.07) is 0. The predicted octanol–water partition coefficient (Wildman–Crippen LogP) is 6.92. The maximum absolute atomic E-state index is 6.42. The van der Waals surface area contributed by atoms with E-state index in [-0.39, 0.29) is 0 Å². The molecule has 0 spiro atoms. The van der Waals surface area contributed by atoms with Crippen LogP contribution < -0.4 is 0 Å². The molecule has 0 atom stereocenters. The van der Waals surface area contributed by atoms with E-state index in [2.05, 4.69) is 56.1 Å². The van der Waals surface area contributed by atoms with Crippen LogP contribution in [0.1, 0.15) is 104 Å². The van der Waals surface area contributed by atoms with Crippen molar-refractivity contribution in [3.63, 3.8) is 0 Å². The van der Waals surface area contributed by atoms with Crippen molar-refractivity contribution in [3.8, 4) is 0 Å². The highest BCUT2D eigenvalue weighted by Gasteiger charge is 2.33. The Bertz CT molecular complexity index is 386. The third kappa shape index (κ3) is 22.1. The van der Waals surface area contributed by atoms with Gasteiger partial charge in [-0.15, -0.1) is 0 Å². The normalized spacial score (nSPS) is 13.1. The molecule has 0 N–H and O–H groups in total. The molecule has 4 heteroatoms. The highest BCUT2D eigenvalue weighted by Crippen LogP contribution is 2.35. The summed E-state index contributed by atoms with van der Waals surface area (Å²) < 4.78 is 14.3. The van der Waals surface area contributed by atoms with E-state index < -0.39 is 0 Å². The topological polar surface area (TPSA) is 18.5 Å². The van der Waals surface area contributed by atoms with E-state index in [1.54, 1.807) is 0 Å². The Hall–Kier alpha value is -0.160. The number of unbranched alkanes of at least 4 members (excludes halogenated alkanes) is 8. The van der Waals surface area contributed by atoms with Crippen LogP contribution in [0.25, 0.3) is 0 Å².